The maximum atomic E-state index is 9.84. The van der Waals surface area contributed by atoms with E-state index in [2.05, 4.69) is 15.0 Å². The number of aryl methyl sites for hydroxylation is 1. The molecule has 8 heteroatoms. The van der Waals surface area contributed by atoms with Crippen LogP contribution in [0, 0.1) is 0 Å². The van der Waals surface area contributed by atoms with Crippen LogP contribution >= 0.6 is 11.3 Å². The summed E-state index contributed by atoms with van der Waals surface area (Å²) in [5.74, 6) is 1.43. The zero-order valence-electron chi connectivity index (χ0n) is 13.2. The predicted octanol–water partition coefficient (Wildman–Crippen LogP) is 2.52. The fourth-order valence-electron chi connectivity index (χ4n) is 2.82. The molecule has 4 rings (SSSR count). The van der Waals surface area contributed by atoms with Crippen molar-refractivity contribution in [1.29, 1.82) is 0 Å². The molecule has 122 valence electrons. The minimum atomic E-state index is -0.616. The van der Waals surface area contributed by atoms with Crippen molar-refractivity contribution in [3.8, 4) is 16.4 Å². The molecule has 0 saturated carbocycles. The molecule has 0 fully saturated rings. The van der Waals surface area contributed by atoms with Crippen molar-refractivity contribution >= 4 is 27.5 Å². The molecule has 0 amide bonds. The Hall–Kier alpha value is -2.71. The van der Waals surface area contributed by atoms with E-state index in [1.807, 2.05) is 40.6 Å². The first-order chi connectivity index (χ1) is 11.5. The van der Waals surface area contributed by atoms with Gasteiger partial charge in [0.2, 0.25) is 0 Å². The van der Waals surface area contributed by atoms with Crippen molar-refractivity contribution in [2.75, 3.05) is 5.73 Å². The van der Waals surface area contributed by atoms with Gasteiger partial charge in [0.05, 0.1) is 22.1 Å². The Labute approximate surface area is 142 Å². The molecule has 3 heterocycles. The first kappa shape index (κ1) is 14.9. The van der Waals surface area contributed by atoms with Crippen LogP contribution in [-0.4, -0.2) is 29.2 Å². The van der Waals surface area contributed by atoms with Gasteiger partial charge in [0.25, 0.3) is 0 Å². The van der Waals surface area contributed by atoms with E-state index in [1.165, 1.54) is 11.3 Å². The summed E-state index contributed by atoms with van der Waals surface area (Å²) in [7, 11) is 1.90. The summed E-state index contributed by atoms with van der Waals surface area (Å²) in [6.45, 7) is 1.71. The SMILES string of the molecule is CC(O)c1nc2cc(-n3ccnc3-c3cnc(N)s3)ccc2n1C. The van der Waals surface area contributed by atoms with Crippen molar-refractivity contribution in [3.05, 3.63) is 42.6 Å². The number of rotatable bonds is 3. The normalized spacial score (nSPS) is 12.8. The molecule has 0 bridgehead atoms. The zero-order chi connectivity index (χ0) is 16.8. The van der Waals surface area contributed by atoms with Gasteiger partial charge in [-0.05, 0) is 25.1 Å². The van der Waals surface area contributed by atoms with Crippen molar-refractivity contribution in [2.24, 2.45) is 7.05 Å². The summed E-state index contributed by atoms with van der Waals surface area (Å²) in [5, 5.41) is 10.4. The molecular weight excluding hydrogens is 324 g/mol. The van der Waals surface area contributed by atoms with Gasteiger partial charge >= 0.3 is 0 Å². The lowest BCUT2D eigenvalue weighted by atomic mass is 10.2. The van der Waals surface area contributed by atoms with Crippen LogP contribution in [0.5, 0.6) is 0 Å². The molecule has 7 nitrogen and oxygen atoms in total. The number of nitrogens with two attached hydrogens (primary N) is 1. The van der Waals surface area contributed by atoms with E-state index in [4.69, 9.17) is 5.73 Å². The molecule has 1 atom stereocenters. The van der Waals surface area contributed by atoms with Crippen LogP contribution in [0.1, 0.15) is 18.9 Å². The van der Waals surface area contributed by atoms with Crippen LogP contribution in [-0.2, 0) is 7.05 Å². The quantitative estimate of drug-likeness (QED) is 0.597. The number of hydrogen-bond acceptors (Lipinski definition) is 6. The zero-order valence-corrected chi connectivity index (χ0v) is 14.0. The highest BCUT2D eigenvalue weighted by Crippen LogP contribution is 2.29. The molecule has 0 aliphatic heterocycles. The smallest absolute Gasteiger partial charge is 0.180 e. The van der Waals surface area contributed by atoms with Gasteiger partial charge in [0, 0.05) is 25.1 Å². The van der Waals surface area contributed by atoms with E-state index >= 15 is 0 Å². The second kappa shape index (κ2) is 5.43. The van der Waals surface area contributed by atoms with Gasteiger partial charge in [-0.25, -0.2) is 15.0 Å². The Morgan fingerprint density at radius 2 is 2.12 bits per heavy atom. The van der Waals surface area contributed by atoms with Crippen LogP contribution in [0.2, 0.25) is 0 Å². The number of nitrogens with zero attached hydrogens (tertiary/aromatic N) is 5. The third-order valence-corrected chi connectivity index (χ3v) is 4.76. The van der Waals surface area contributed by atoms with Crippen LogP contribution in [0.4, 0.5) is 5.13 Å². The number of thiazole rings is 1. The average molecular weight is 340 g/mol. The minimum absolute atomic E-state index is 0.515. The molecule has 0 aliphatic carbocycles. The highest BCUT2D eigenvalue weighted by Gasteiger charge is 2.15. The fraction of sp³-hybridized carbons (Fsp3) is 0.188. The maximum Gasteiger partial charge on any atom is 0.180 e. The number of imidazole rings is 2. The minimum Gasteiger partial charge on any atom is -0.385 e. The Balaban J connectivity index is 1.85. The summed E-state index contributed by atoms with van der Waals surface area (Å²) in [5.41, 5.74) is 8.47. The molecule has 1 unspecified atom stereocenters. The fourth-order valence-corrected chi connectivity index (χ4v) is 3.49. The van der Waals surface area contributed by atoms with Gasteiger partial charge in [-0.2, -0.15) is 0 Å². The van der Waals surface area contributed by atoms with E-state index < -0.39 is 6.10 Å². The maximum absolute atomic E-state index is 9.84. The Kier molecular flexibility index (Phi) is 3.36. The lowest BCUT2D eigenvalue weighted by Crippen LogP contribution is -2.01. The third kappa shape index (κ3) is 2.27. The highest BCUT2D eigenvalue weighted by molar-refractivity contribution is 7.18. The summed E-state index contributed by atoms with van der Waals surface area (Å²) < 4.78 is 3.88. The first-order valence-electron chi connectivity index (χ1n) is 7.44. The molecule has 0 spiro atoms. The molecule has 0 aliphatic rings. The van der Waals surface area contributed by atoms with Gasteiger partial charge in [0.1, 0.15) is 11.9 Å². The molecule has 3 aromatic heterocycles. The third-order valence-electron chi connectivity index (χ3n) is 3.94. The molecule has 0 saturated heterocycles. The van der Waals surface area contributed by atoms with Crippen LogP contribution < -0.4 is 5.73 Å². The van der Waals surface area contributed by atoms with E-state index in [-0.39, 0.29) is 0 Å². The number of anilines is 1. The summed E-state index contributed by atoms with van der Waals surface area (Å²) in [6, 6.07) is 5.98. The second-order valence-electron chi connectivity index (χ2n) is 5.56. The Morgan fingerprint density at radius 1 is 1.29 bits per heavy atom. The van der Waals surface area contributed by atoms with Crippen molar-refractivity contribution in [3.63, 3.8) is 0 Å². The van der Waals surface area contributed by atoms with Gasteiger partial charge in [-0.1, -0.05) is 11.3 Å². The van der Waals surface area contributed by atoms with Crippen molar-refractivity contribution in [2.45, 2.75) is 13.0 Å². The summed E-state index contributed by atoms with van der Waals surface area (Å²) in [6.07, 6.45) is 4.75. The van der Waals surface area contributed by atoms with Gasteiger partial charge < -0.3 is 15.4 Å². The number of aromatic nitrogens is 5. The Bertz CT molecular complexity index is 1030. The second-order valence-corrected chi connectivity index (χ2v) is 6.62. The van der Waals surface area contributed by atoms with Gasteiger partial charge in [-0.3, -0.25) is 4.57 Å². The summed E-state index contributed by atoms with van der Waals surface area (Å²) in [4.78, 5) is 14.0. The number of aliphatic hydroxyl groups is 1. The number of hydrogen-bond donors (Lipinski definition) is 2. The van der Waals surface area contributed by atoms with Gasteiger partial charge in [0.15, 0.2) is 11.0 Å². The molecule has 1 aromatic carbocycles. The van der Waals surface area contributed by atoms with Gasteiger partial charge in [-0.15, -0.1) is 0 Å². The Morgan fingerprint density at radius 3 is 2.83 bits per heavy atom. The number of aliphatic hydroxyl groups excluding tert-OH is 1. The lowest BCUT2D eigenvalue weighted by molar-refractivity contribution is 0.186. The molecule has 3 N–H and O–H groups in total. The van der Waals surface area contributed by atoms with E-state index in [9.17, 15) is 5.11 Å². The number of fused-ring (bicyclic) bond motifs is 1. The van der Waals surface area contributed by atoms with Crippen LogP contribution in [0.15, 0.2) is 36.8 Å². The first-order valence-corrected chi connectivity index (χ1v) is 8.26. The standard InChI is InChI=1S/C16H16N6OS/c1-9(23)14-20-11-7-10(3-4-12(11)21(14)2)22-6-5-18-15(22)13-8-19-16(17)24-13/h3-9,23H,1-2H3,(H2,17,19). The largest absolute Gasteiger partial charge is 0.385 e. The average Bonchev–Trinajstić information content (AvgIpc) is 3.25. The summed E-state index contributed by atoms with van der Waals surface area (Å²) >= 11 is 1.40. The van der Waals surface area contributed by atoms with E-state index in [0.29, 0.717) is 11.0 Å². The van der Waals surface area contributed by atoms with Crippen molar-refractivity contribution < 1.29 is 5.11 Å². The van der Waals surface area contributed by atoms with Crippen molar-refractivity contribution in [1.82, 2.24) is 24.1 Å². The van der Waals surface area contributed by atoms with E-state index in [0.717, 1.165) is 27.4 Å². The highest BCUT2D eigenvalue weighted by atomic mass is 32.1. The molecule has 24 heavy (non-hydrogen) atoms. The van der Waals surface area contributed by atoms with Crippen LogP contribution in [0.3, 0.4) is 0 Å². The monoisotopic (exact) mass is 340 g/mol. The van der Waals surface area contributed by atoms with E-state index in [1.54, 1.807) is 19.3 Å². The molecular formula is C16H16N6OS. The number of nitrogen functional groups attached to an aromatic ring is 1. The molecule has 4 aromatic rings. The van der Waals surface area contributed by atoms with Crippen LogP contribution in [0.25, 0.3) is 27.4 Å². The lowest BCUT2D eigenvalue weighted by Gasteiger charge is -2.07. The topological polar surface area (TPSA) is 94.8 Å². The number of benzene rings is 1. The predicted molar refractivity (Wildman–Crippen MR) is 94.0 cm³/mol. The molecule has 0 radical (unpaired) electrons.